The van der Waals surface area contributed by atoms with Crippen LogP contribution in [-0.4, -0.2) is 15.0 Å². The molecule has 0 amide bonds. The lowest BCUT2D eigenvalue weighted by Crippen LogP contribution is -1.99. The molecule has 4 aromatic rings. The van der Waals surface area contributed by atoms with E-state index in [0.717, 1.165) is 22.3 Å². The van der Waals surface area contributed by atoms with Gasteiger partial charge >= 0.3 is 0 Å². The van der Waals surface area contributed by atoms with Crippen molar-refractivity contribution < 1.29 is 0 Å². The van der Waals surface area contributed by atoms with Crippen molar-refractivity contribution in [3.63, 3.8) is 0 Å². The van der Waals surface area contributed by atoms with Crippen LogP contribution < -0.4 is 0 Å². The largest absolute Gasteiger partial charge is 0.213 e. The van der Waals surface area contributed by atoms with Gasteiger partial charge in [-0.1, -0.05) is 48.5 Å². The molecule has 0 atom stereocenters. The molecule has 0 saturated heterocycles. The minimum atomic E-state index is 0.604. The lowest BCUT2D eigenvalue weighted by Gasteiger charge is -2.08. The van der Waals surface area contributed by atoms with Crippen LogP contribution in [0, 0.1) is 18.3 Å². The first kappa shape index (κ1) is 16.6. The van der Waals surface area contributed by atoms with E-state index in [0.29, 0.717) is 23.0 Å². The zero-order valence-electron chi connectivity index (χ0n) is 14.8. The number of rotatable bonds is 3. The van der Waals surface area contributed by atoms with Crippen molar-refractivity contribution in [2.24, 2.45) is 0 Å². The molecule has 0 spiro atoms. The summed E-state index contributed by atoms with van der Waals surface area (Å²) in [5.74, 6) is 1.90. The van der Waals surface area contributed by atoms with Gasteiger partial charge in [-0.05, 0) is 48.4 Å². The smallest absolute Gasteiger partial charge is 0.163 e. The predicted octanol–water partition coefficient (Wildman–Crippen LogP) is 5.05. The van der Waals surface area contributed by atoms with E-state index in [1.54, 1.807) is 12.1 Å². The molecule has 0 aliphatic heterocycles. The van der Waals surface area contributed by atoms with E-state index in [1.165, 1.54) is 0 Å². The molecule has 0 N–H and O–H groups in total. The zero-order chi connectivity index (χ0) is 18.6. The summed E-state index contributed by atoms with van der Waals surface area (Å²) in [5, 5.41) is 8.96. The second kappa shape index (κ2) is 7.19. The van der Waals surface area contributed by atoms with E-state index >= 15 is 0 Å². The zero-order valence-corrected chi connectivity index (χ0v) is 14.8. The van der Waals surface area contributed by atoms with Gasteiger partial charge in [0.25, 0.3) is 0 Å². The van der Waals surface area contributed by atoms with Crippen LogP contribution in [-0.2, 0) is 0 Å². The first-order chi connectivity index (χ1) is 13.2. The second-order valence-electron chi connectivity index (χ2n) is 6.17. The Bertz CT molecular complexity index is 1130. The highest BCUT2D eigenvalue weighted by atomic mass is 15.0. The van der Waals surface area contributed by atoms with Gasteiger partial charge in [-0.25, -0.2) is 15.0 Å². The van der Waals surface area contributed by atoms with Crippen LogP contribution in [0.5, 0.6) is 0 Å². The standard InChI is InChI=1S/C23H16N4/c1-16-25-22(19-12-10-17(15-24)11-13-19)27-23(26-16)21-9-5-8-20(14-21)18-6-3-2-4-7-18/h2-14H,1H3. The SMILES string of the molecule is Cc1nc(-c2ccc(C#N)cc2)nc(-c2cccc(-c3ccccc3)c2)n1. The van der Waals surface area contributed by atoms with Gasteiger partial charge in [0.15, 0.2) is 11.6 Å². The molecule has 4 heteroatoms. The van der Waals surface area contributed by atoms with Gasteiger partial charge in [-0.2, -0.15) is 5.26 Å². The van der Waals surface area contributed by atoms with E-state index in [2.05, 4.69) is 45.3 Å². The van der Waals surface area contributed by atoms with Crippen molar-refractivity contribution in [3.8, 4) is 40.0 Å². The van der Waals surface area contributed by atoms with Gasteiger partial charge < -0.3 is 0 Å². The summed E-state index contributed by atoms with van der Waals surface area (Å²) in [5.41, 5.74) is 4.68. The Morgan fingerprint density at radius 3 is 1.96 bits per heavy atom. The number of nitriles is 1. The molecule has 0 aliphatic carbocycles. The third kappa shape index (κ3) is 3.58. The average molecular weight is 348 g/mol. The van der Waals surface area contributed by atoms with E-state index in [-0.39, 0.29) is 0 Å². The van der Waals surface area contributed by atoms with Gasteiger partial charge in [0, 0.05) is 11.1 Å². The van der Waals surface area contributed by atoms with Crippen molar-refractivity contribution in [1.29, 1.82) is 5.26 Å². The fourth-order valence-electron chi connectivity index (χ4n) is 2.90. The van der Waals surface area contributed by atoms with Crippen LogP contribution in [0.2, 0.25) is 0 Å². The fourth-order valence-corrected chi connectivity index (χ4v) is 2.90. The summed E-state index contributed by atoms with van der Waals surface area (Å²) < 4.78 is 0. The maximum absolute atomic E-state index is 8.96. The van der Waals surface area contributed by atoms with Gasteiger partial charge in [0.2, 0.25) is 0 Å². The Hall–Kier alpha value is -3.84. The highest BCUT2D eigenvalue weighted by Gasteiger charge is 2.09. The number of hydrogen-bond donors (Lipinski definition) is 0. The van der Waals surface area contributed by atoms with E-state index in [4.69, 9.17) is 5.26 Å². The van der Waals surface area contributed by atoms with Gasteiger partial charge in [-0.3, -0.25) is 0 Å². The Morgan fingerprint density at radius 2 is 1.26 bits per heavy atom. The van der Waals surface area contributed by atoms with Gasteiger partial charge in [-0.15, -0.1) is 0 Å². The normalized spacial score (nSPS) is 10.4. The molecule has 27 heavy (non-hydrogen) atoms. The van der Waals surface area contributed by atoms with E-state index in [1.807, 2.05) is 49.4 Å². The van der Waals surface area contributed by atoms with Gasteiger partial charge in [0.1, 0.15) is 5.82 Å². The Kier molecular flexibility index (Phi) is 4.42. The van der Waals surface area contributed by atoms with Crippen LogP contribution in [0.25, 0.3) is 33.9 Å². The highest BCUT2D eigenvalue weighted by molar-refractivity contribution is 5.71. The molecule has 0 fully saturated rings. The number of aromatic nitrogens is 3. The lowest BCUT2D eigenvalue weighted by atomic mass is 10.0. The maximum Gasteiger partial charge on any atom is 0.163 e. The average Bonchev–Trinajstić information content (AvgIpc) is 2.74. The van der Waals surface area contributed by atoms with Crippen molar-refractivity contribution in [2.45, 2.75) is 6.92 Å². The Balaban J connectivity index is 1.76. The van der Waals surface area contributed by atoms with Crippen molar-refractivity contribution in [2.75, 3.05) is 0 Å². The molecular weight excluding hydrogens is 332 g/mol. The number of benzene rings is 3. The van der Waals surface area contributed by atoms with Crippen LogP contribution in [0.15, 0.2) is 78.9 Å². The second-order valence-corrected chi connectivity index (χ2v) is 6.17. The predicted molar refractivity (Wildman–Crippen MR) is 106 cm³/mol. The monoisotopic (exact) mass is 348 g/mol. The molecule has 4 nitrogen and oxygen atoms in total. The molecule has 0 unspecified atom stereocenters. The molecule has 1 heterocycles. The van der Waals surface area contributed by atoms with Crippen LogP contribution in [0.4, 0.5) is 0 Å². The molecule has 1 aromatic heterocycles. The van der Waals surface area contributed by atoms with Crippen LogP contribution in [0.3, 0.4) is 0 Å². The van der Waals surface area contributed by atoms with Crippen molar-refractivity contribution in [3.05, 3.63) is 90.3 Å². The summed E-state index contributed by atoms with van der Waals surface area (Å²) in [6, 6.07) is 27.8. The summed E-state index contributed by atoms with van der Waals surface area (Å²) >= 11 is 0. The molecule has 0 bridgehead atoms. The summed E-state index contributed by atoms with van der Waals surface area (Å²) in [6.07, 6.45) is 0. The summed E-state index contributed by atoms with van der Waals surface area (Å²) in [4.78, 5) is 13.6. The third-order valence-corrected chi connectivity index (χ3v) is 4.25. The van der Waals surface area contributed by atoms with Crippen molar-refractivity contribution >= 4 is 0 Å². The Labute approximate surface area is 157 Å². The van der Waals surface area contributed by atoms with Crippen LogP contribution >= 0.6 is 0 Å². The Morgan fingerprint density at radius 1 is 0.630 bits per heavy atom. The molecule has 4 rings (SSSR count). The van der Waals surface area contributed by atoms with E-state index < -0.39 is 0 Å². The highest BCUT2D eigenvalue weighted by Crippen LogP contribution is 2.25. The minimum absolute atomic E-state index is 0.604. The lowest BCUT2D eigenvalue weighted by molar-refractivity contribution is 0.992. The molecule has 128 valence electrons. The van der Waals surface area contributed by atoms with Crippen LogP contribution in [0.1, 0.15) is 11.4 Å². The number of nitrogens with zero attached hydrogens (tertiary/aromatic N) is 4. The first-order valence-electron chi connectivity index (χ1n) is 8.62. The van der Waals surface area contributed by atoms with E-state index in [9.17, 15) is 0 Å². The molecule has 0 radical (unpaired) electrons. The van der Waals surface area contributed by atoms with Crippen molar-refractivity contribution in [1.82, 2.24) is 15.0 Å². The molecule has 3 aromatic carbocycles. The number of hydrogen-bond acceptors (Lipinski definition) is 4. The molecule has 0 aliphatic rings. The quantitative estimate of drug-likeness (QED) is 0.519. The molecule has 0 saturated carbocycles. The summed E-state index contributed by atoms with van der Waals surface area (Å²) in [6.45, 7) is 1.86. The minimum Gasteiger partial charge on any atom is -0.213 e. The number of aryl methyl sites for hydroxylation is 1. The molecular formula is C23H16N4. The first-order valence-corrected chi connectivity index (χ1v) is 8.62. The van der Waals surface area contributed by atoms with Gasteiger partial charge in [0.05, 0.1) is 11.6 Å². The third-order valence-electron chi connectivity index (χ3n) is 4.25. The topological polar surface area (TPSA) is 62.5 Å². The fraction of sp³-hybridized carbons (Fsp3) is 0.0435. The maximum atomic E-state index is 8.96. The summed E-state index contributed by atoms with van der Waals surface area (Å²) in [7, 11) is 0.